The lowest BCUT2D eigenvalue weighted by atomic mass is 10.1. The third kappa shape index (κ3) is 2.46. The number of phenolic OH excluding ortho intramolecular Hbond substituents is 4. The monoisotopic (exact) mass is 362 g/mol. The minimum absolute atomic E-state index is 0.203. The maximum Gasteiger partial charge on any atom is 0.158 e. The summed E-state index contributed by atoms with van der Waals surface area (Å²) < 4.78 is 1.58. The Bertz CT molecular complexity index is 861. The summed E-state index contributed by atoms with van der Waals surface area (Å²) in [5.41, 5.74) is 1.79. The summed E-state index contributed by atoms with van der Waals surface area (Å²) in [6.07, 6.45) is 1.69. The lowest BCUT2D eigenvalue weighted by molar-refractivity contribution is 0.404. The molecular weight excluding hydrogens is 352 g/mol. The molecule has 4 N–H and O–H groups in total. The number of phenols is 4. The quantitative estimate of drug-likeness (QED) is 0.524. The smallest absolute Gasteiger partial charge is 0.158 e. The Morgan fingerprint density at radius 2 is 1.32 bits per heavy atom. The van der Waals surface area contributed by atoms with E-state index in [1.807, 2.05) is 0 Å². The molecule has 0 spiro atoms. The fourth-order valence-corrected chi connectivity index (χ4v) is 2.51. The molecule has 2 aromatic carbocycles. The number of benzene rings is 2. The van der Waals surface area contributed by atoms with Gasteiger partial charge in [0.2, 0.25) is 0 Å². The fraction of sp³-hybridized carbons (Fsp3) is 0. The van der Waals surface area contributed by atoms with Crippen LogP contribution in [0.3, 0.4) is 0 Å². The molecule has 3 rings (SSSR count). The molecule has 0 aliphatic carbocycles. The third-order valence-corrected chi connectivity index (χ3v) is 3.71. The van der Waals surface area contributed by atoms with E-state index in [1.165, 1.54) is 24.3 Å². The normalized spacial score (nSPS) is 10.8. The molecule has 0 unspecified atom stereocenters. The highest BCUT2D eigenvalue weighted by atomic mass is 79.9. The van der Waals surface area contributed by atoms with E-state index in [4.69, 9.17) is 0 Å². The second kappa shape index (κ2) is 5.27. The van der Waals surface area contributed by atoms with E-state index in [1.54, 1.807) is 21.9 Å². The lowest BCUT2D eigenvalue weighted by Gasteiger charge is -2.02. The zero-order valence-electron chi connectivity index (χ0n) is 11.1. The molecular formula is C15H11BrN2O4. The van der Waals surface area contributed by atoms with Crippen molar-refractivity contribution in [1.29, 1.82) is 0 Å². The number of aromatic nitrogens is 2. The number of halogens is 1. The van der Waals surface area contributed by atoms with E-state index in [-0.39, 0.29) is 23.0 Å². The van der Waals surface area contributed by atoms with E-state index in [0.29, 0.717) is 22.6 Å². The zero-order chi connectivity index (χ0) is 15.9. The van der Waals surface area contributed by atoms with Crippen LogP contribution in [0.1, 0.15) is 0 Å². The Kier molecular flexibility index (Phi) is 3.42. The number of aromatic hydroxyl groups is 4. The molecule has 0 aliphatic heterocycles. The highest BCUT2D eigenvalue weighted by Gasteiger charge is 2.13. The average molecular weight is 363 g/mol. The number of hydrogen-bond acceptors (Lipinski definition) is 5. The van der Waals surface area contributed by atoms with Crippen molar-refractivity contribution in [1.82, 2.24) is 8.58 Å². The molecule has 0 atom stereocenters. The van der Waals surface area contributed by atoms with Crippen LogP contribution in [0, 0.1) is 0 Å². The molecule has 0 amide bonds. The van der Waals surface area contributed by atoms with Gasteiger partial charge in [0.15, 0.2) is 28.8 Å². The van der Waals surface area contributed by atoms with Gasteiger partial charge in [-0.05, 0) is 36.4 Å². The molecule has 0 radical (unpaired) electrons. The molecule has 0 fully saturated rings. The van der Waals surface area contributed by atoms with Gasteiger partial charge in [-0.25, -0.2) is 4.98 Å². The van der Waals surface area contributed by atoms with Crippen molar-refractivity contribution in [2.45, 2.75) is 0 Å². The minimum atomic E-state index is -0.239. The molecule has 3 aromatic rings. The Hall–Kier alpha value is -2.67. The van der Waals surface area contributed by atoms with E-state index in [2.05, 4.69) is 21.1 Å². The standard InChI is InChI=1S/C15H11BrN2O4/c16-18-7-10(8-1-3-11(19)13(21)5-8)17-15(18)9-2-4-12(20)14(22)6-9/h1-7,19-22H. The number of rotatable bonds is 2. The van der Waals surface area contributed by atoms with Crippen molar-refractivity contribution >= 4 is 16.1 Å². The topological polar surface area (TPSA) is 98.7 Å². The SMILES string of the molecule is Oc1ccc(-c2cn(Br)c(-c3ccc(O)c(O)c3)n2)cc1O. The van der Waals surface area contributed by atoms with Gasteiger partial charge in [0.25, 0.3) is 0 Å². The molecule has 1 aromatic heterocycles. The van der Waals surface area contributed by atoms with Crippen LogP contribution >= 0.6 is 16.1 Å². The first-order valence-electron chi connectivity index (χ1n) is 6.26. The molecule has 22 heavy (non-hydrogen) atoms. The van der Waals surface area contributed by atoms with Gasteiger partial charge in [-0.3, -0.25) is 3.59 Å². The summed E-state index contributed by atoms with van der Waals surface area (Å²) >= 11 is 3.33. The molecule has 0 bridgehead atoms. The number of hydrogen-bond donors (Lipinski definition) is 4. The molecule has 112 valence electrons. The number of imidazole rings is 1. The second-order valence-corrected chi connectivity index (χ2v) is 5.43. The first kappa shape index (κ1) is 14.3. The molecule has 7 heteroatoms. The Balaban J connectivity index is 2.06. The first-order chi connectivity index (χ1) is 10.5. The van der Waals surface area contributed by atoms with Gasteiger partial charge in [-0.1, -0.05) is 0 Å². The molecule has 1 heterocycles. The van der Waals surface area contributed by atoms with Gasteiger partial charge in [-0.2, -0.15) is 0 Å². The molecule has 0 aliphatic rings. The van der Waals surface area contributed by atoms with Crippen LogP contribution in [-0.2, 0) is 0 Å². The van der Waals surface area contributed by atoms with Gasteiger partial charge >= 0.3 is 0 Å². The van der Waals surface area contributed by atoms with Crippen LogP contribution in [-0.4, -0.2) is 29.0 Å². The van der Waals surface area contributed by atoms with E-state index < -0.39 is 0 Å². The van der Waals surface area contributed by atoms with Crippen molar-refractivity contribution in [3.05, 3.63) is 42.6 Å². The van der Waals surface area contributed by atoms with Crippen LogP contribution in [0.25, 0.3) is 22.6 Å². The van der Waals surface area contributed by atoms with E-state index >= 15 is 0 Å². The summed E-state index contributed by atoms with van der Waals surface area (Å²) in [6.45, 7) is 0. The van der Waals surface area contributed by atoms with Crippen molar-refractivity contribution in [3.63, 3.8) is 0 Å². The number of nitrogens with zero attached hydrogens (tertiary/aromatic N) is 2. The minimum Gasteiger partial charge on any atom is -0.504 e. The summed E-state index contributed by atoms with van der Waals surface area (Å²) in [5, 5.41) is 37.9. The zero-order valence-corrected chi connectivity index (χ0v) is 12.7. The highest BCUT2D eigenvalue weighted by molar-refractivity contribution is 9.08. The maximum absolute atomic E-state index is 9.58. The van der Waals surface area contributed by atoms with Gasteiger partial charge in [0.1, 0.15) is 0 Å². The first-order valence-corrected chi connectivity index (χ1v) is 6.97. The highest BCUT2D eigenvalue weighted by Crippen LogP contribution is 2.34. The van der Waals surface area contributed by atoms with Crippen molar-refractivity contribution in [3.8, 4) is 45.6 Å². The van der Waals surface area contributed by atoms with Crippen molar-refractivity contribution in [2.75, 3.05) is 0 Å². The van der Waals surface area contributed by atoms with Gasteiger partial charge in [-0.15, -0.1) is 0 Å². The average Bonchev–Trinajstić information content (AvgIpc) is 2.87. The second-order valence-electron chi connectivity index (χ2n) is 4.67. The van der Waals surface area contributed by atoms with Crippen LogP contribution < -0.4 is 0 Å². The Morgan fingerprint density at radius 1 is 0.773 bits per heavy atom. The van der Waals surface area contributed by atoms with Gasteiger partial charge in [0.05, 0.1) is 21.8 Å². The van der Waals surface area contributed by atoms with Crippen LogP contribution in [0.2, 0.25) is 0 Å². The predicted molar refractivity (Wildman–Crippen MR) is 84.1 cm³/mol. The summed E-state index contributed by atoms with van der Waals surface area (Å²) in [6, 6.07) is 8.80. The van der Waals surface area contributed by atoms with E-state index in [0.717, 1.165) is 0 Å². The maximum atomic E-state index is 9.58. The van der Waals surface area contributed by atoms with Crippen LogP contribution in [0.4, 0.5) is 0 Å². The lowest BCUT2D eigenvalue weighted by Crippen LogP contribution is -1.85. The Morgan fingerprint density at radius 3 is 1.91 bits per heavy atom. The summed E-state index contributed by atoms with van der Waals surface area (Å²) in [4.78, 5) is 4.42. The Labute approximate surface area is 133 Å². The molecule has 6 nitrogen and oxygen atoms in total. The predicted octanol–water partition coefficient (Wildman–Crippen LogP) is 3.20. The van der Waals surface area contributed by atoms with Gasteiger partial charge < -0.3 is 20.4 Å². The summed E-state index contributed by atoms with van der Waals surface area (Å²) in [5.74, 6) is -0.369. The summed E-state index contributed by atoms with van der Waals surface area (Å²) in [7, 11) is 0. The van der Waals surface area contributed by atoms with Crippen LogP contribution in [0.15, 0.2) is 42.6 Å². The molecule has 0 saturated carbocycles. The third-order valence-electron chi connectivity index (χ3n) is 3.17. The van der Waals surface area contributed by atoms with Gasteiger partial charge in [0, 0.05) is 17.3 Å². The fourth-order valence-electron chi connectivity index (χ4n) is 2.03. The van der Waals surface area contributed by atoms with Crippen LogP contribution in [0.5, 0.6) is 23.0 Å². The molecule has 0 saturated heterocycles. The largest absolute Gasteiger partial charge is 0.504 e. The van der Waals surface area contributed by atoms with Crippen molar-refractivity contribution in [2.24, 2.45) is 0 Å². The van der Waals surface area contributed by atoms with E-state index in [9.17, 15) is 20.4 Å². The van der Waals surface area contributed by atoms with Crippen molar-refractivity contribution < 1.29 is 20.4 Å².